The third-order valence-electron chi connectivity index (χ3n) is 5.28. The molecule has 1 fully saturated rings. The number of aryl methyl sites for hydroxylation is 1. The first-order valence-electron chi connectivity index (χ1n) is 9.52. The Morgan fingerprint density at radius 3 is 2.33 bits per heavy atom. The van der Waals surface area contributed by atoms with Crippen molar-refractivity contribution >= 4 is 23.0 Å². The van der Waals surface area contributed by atoms with Gasteiger partial charge in [0.25, 0.3) is 0 Å². The minimum Gasteiger partial charge on any atom is -0.368 e. The zero-order chi connectivity index (χ0) is 21.7. The van der Waals surface area contributed by atoms with Crippen LogP contribution in [-0.2, 0) is 0 Å². The summed E-state index contributed by atoms with van der Waals surface area (Å²) in [7, 11) is 0. The molecule has 30 heavy (non-hydrogen) atoms. The van der Waals surface area contributed by atoms with Crippen molar-refractivity contribution in [3.05, 3.63) is 45.8 Å². The van der Waals surface area contributed by atoms with Gasteiger partial charge in [-0.3, -0.25) is 10.1 Å². The third-order valence-corrected chi connectivity index (χ3v) is 5.28. The van der Waals surface area contributed by atoms with Crippen LogP contribution in [0.5, 0.6) is 0 Å². The molecule has 2 heterocycles. The Labute approximate surface area is 174 Å². The highest BCUT2D eigenvalue weighted by molar-refractivity contribution is 5.72. The Morgan fingerprint density at radius 1 is 1.10 bits per heavy atom. The lowest BCUT2D eigenvalue weighted by atomic mass is 10.1. The number of nitro groups is 1. The van der Waals surface area contributed by atoms with E-state index < -0.39 is 4.92 Å². The van der Waals surface area contributed by atoms with Gasteiger partial charge < -0.3 is 14.7 Å². The normalized spacial score (nSPS) is 13.5. The van der Waals surface area contributed by atoms with Crippen LogP contribution in [0.25, 0.3) is 0 Å². The number of nitrogens with zero attached hydrogens (tertiary/aromatic N) is 8. The number of hydrogen-bond donors (Lipinski definition) is 0. The molecule has 10 heteroatoms. The summed E-state index contributed by atoms with van der Waals surface area (Å²) in [5, 5.41) is 29.9. The molecule has 154 valence electrons. The van der Waals surface area contributed by atoms with Crippen molar-refractivity contribution in [1.82, 2.24) is 9.97 Å². The second-order valence-corrected chi connectivity index (χ2v) is 6.99. The van der Waals surface area contributed by atoms with Gasteiger partial charge in [0.2, 0.25) is 11.6 Å². The van der Waals surface area contributed by atoms with Crippen LogP contribution in [0, 0.1) is 46.6 Å². The molecule has 0 N–H and O–H groups in total. The third kappa shape index (κ3) is 4.08. The van der Waals surface area contributed by atoms with E-state index in [4.69, 9.17) is 10.5 Å². The van der Waals surface area contributed by atoms with E-state index in [2.05, 4.69) is 40.8 Å². The molecule has 0 spiro atoms. The highest BCUT2D eigenvalue weighted by Gasteiger charge is 2.31. The Kier molecular flexibility index (Phi) is 6.28. The maximum atomic E-state index is 11.9. The number of nitriles is 2. The standard InChI is InChI=1S/C20H22N8O2/c1-15-4-3-5-17(16(15)2)25-10-12-27(13-11-25)20-18(28(29)30)19(23-14-24-20)26(8-6-21)9-7-22/h3-5,14H,8-13H2,1-2H3. The van der Waals surface area contributed by atoms with Crippen molar-refractivity contribution in [2.75, 3.05) is 54.0 Å². The smallest absolute Gasteiger partial charge is 0.353 e. The molecule has 10 nitrogen and oxygen atoms in total. The van der Waals surface area contributed by atoms with E-state index in [1.54, 1.807) is 0 Å². The molecular formula is C20H22N8O2. The Balaban J connectivity index is 1.88. The van der Waals surface area contributed by atoms with Crippen LogP contribution in [0.3, 0.4) is 0 Å². The molecule has 1 aliphatic rings. The first-order valence-corrected chi connectivity index (χ1v) is 9.52. The topological polar surface area (TPSA) is 126 Å². The summed E-state index contributed by atoms with van der Waals surface area (Å²) in [6.07, 6.45) is 1.25. The molecule has 1 aromatic heterocycles. The molecule has 0 saturated carbocycles. The van der Waals surface area contributed by atoms with Gasteiger partial charge in [0.15, 0.2) is 0 Å². The van der Waals surface area contributed by atoms with Crippen molar-refractivity contribution in [3.8, 4) is 12.1 Å². The van der Waals surface area contributed by atoms with Gasteiger partial charge in [-0.2, -0.15) is 10.5 Å². The van der Waals surface area contributed by atoms with Gasteiger partial charge >= 0.3 is 5.69 Å². The molecule has 0 atom stereocenters. The second-order valence-electron chi connectivity index (χ2n) is 6.99. The van der Waals surface area contributed by atoms with Gasteiger partial charge in [0.05, 0.1) is 17.1 Å². The van der Waals surface area contributed by atoms with E-state index >= 15 is 0 Å². The lowest BCUT2D eigenvalue weighted by Crippen LogP contribution is -2.47. The Morgan fingerprint density at radius 2 is 1.73 bits per heavy atom. The van der Waals surface area contributed by atoms with Gasteiger partial charge in [-0.1, -0.05) is 12.1 Å². The molecule has 1 aliphatic heterocycles. The summed E-state index contributed by atoms with van der Waals surface area (Å²) in [5.41, 5.74) is 3.34. The summed E-state index contributed by atoms with van der Waals surface area (Å²) in [6.45, 7) is 6.33. The maximum absolute atomic E-state index is 11.9. The van der Waals surface area contributed by atoms with E-state index in [0.29, 0.717) is 26.2 Å². The van der Waals surface area contributed by atoms with Gasteiger partial charge in [0, 0.05) is 31.9 Å². The monoisotopic (exact) mass is 406 g/mol. The molecule has 0 unspecified atom stereocenters. The Bertz CT molecular complexity index is 1000. The number of benzene rings is 1. The highest BCUT2D eigenvalue weighted by atomic mass is 16.6. The number of rotatable bonds is 6. The quantitative estimate of drug-likeness (QED) is 0.403. The predicted molar refractivity (Wildman–Crippen MR) is 112 cm³/mol. The first kappa shape index (κ1) is 20.8. The van der Waals surface area contributed by atoms with E-state index in [1.807, 2.05) is 23.1 Å². The van der Waals surface area contributed by atoms with Crippen LogP contribution in [0.4, 0.5) is 23.0 Å². The van der Waals surface area contributed by atoms with Crippen LogP contribution < -0.4 is 14.7 Å². The fraction of sp³-hybridized carbons (Fsp3) is 0.400. The number of hydrogen-bond acceptors (Lipinski definition) is 9. The zero-order valence-corrected chi connectivity index (χ0v) is 16.9. The zero-order valence-electron chi connectivity index (χ0n) is 16.9. The van der Waals surface area contributed by atoms with E-state index in [1.165, 1.54) is 28.0 Å². The summed E-state index contributed by atoms with van der Waals surface area (Å²) >= 11 is 0. The van der Waals surface area contributed by atoms with Crippen LogP contribution in [0.1, 0.15) is 11.1 Å². The molecule has 1 aromatic carbocycles. The molecule has 0 radical (unpaired) electrons. The average Bonchev–Trinajstić information content (AvgIpc) is 2.75. The van der Waals surface area contributed by atoms with E-state index in [-0.39, 0.29) is 30.4 Å². The van der Waals surface area contributed by atoms with Gasteiger partial charge in [-0.25, -0.2) is 9.97 Å². The van der Waals surface area contributed by atoms with E-state index in [9.17, 15) is 10.1 Å². The van der Waals surface area contributed by atoms with Gasteiger partial charge in [-0.15, -0.1) is 0 Å². The number of aromatic nitrogens is 2. The minimum absolute atomic E-state index is 0.00921. The fourth-order valence-electron chi connectivity index (χ4n) is 3.60. The second kappa shape index (κ2) is 9.05. The average molecular weight is 406 g/mol. The minimum atomic E-state index is -0.538. The highest BCUT2D eigenvalue weighted by Crippen LogP contribution is 2.35. The molecule has 0 aliphatic carbocycles. The summed E-state index contributed by atoms with van der Waals surface area (Å²) < 4.78 is 0. The van der Waals surface area contributed by atoms with Crippen LogP contribution >= 0.6 is 0 Å². The van der Waals surface area contributed by atoms with Crippen LogP contribution in [-0.4, -0.2) is 54.2 Å². The number of anilines is 3. The first-order chi connectivity index (χ1) is 14.5. The van der Waals surface area contributed by atoms with Gasteiger partial charge in [-0.05, 0) is 31.0 Å². The molecular weight excluding hydrogens is 384 g/mol. The van der Waals surface area contributed by atoms with Crippen molar-refractivity contribution in [2.24, 2.45) is 0 Å². The summed E-state index contributed by atoms with van der Waals surface area (Å²) in [5.74, 6) is 0.205. The Hall–Kier alpha value is -3.92. The van der Waals surface area contributed by atoms with Crippen molar-refractivity contribution in [1.29, 1.82) is 10.5 Å². The van der Waals surface area contributed by atoms with Crippen molar-refractivity contribution in [3.63, 3.8) is 0 Å². The molecule has 1 saturated heterocycles. The molecule has 3 rings (SSSR count). The summed E-state index contributed by atoms with van der Waals surface area (Å²) in [4.78, 5) is 24.9. The van der Waals surface area contributed by atoms with E-state index in [0.717, 1.165) is 0 Å². The van der Waals surface area contributed by atoms with Gasteiger partial charge in [0.1, 0.15) is 19.4 Å². The fourth-order valence-corrected chi connectivity index (χ4v) is 3.60. The molecule has 0 bridgehead atoms. The number of piperazine rings is 1. The van der Waals surface area contributed by atoms with Crippen LogP contribution in [0.2, 0.25) is 0 Å². The lowest BCUT2D eigenvalue weighted by Gasteiger charge is -2.37. The SMILES string of the molecule is Cc1cccc(N2CCN(c3ncnc(N(CC#N)CC#N)c3[N+](=O)[O-])CC2)c1C. The molecule has 0 amide bonds. The largest absolute Gasteiger partial charge is 0.368 e. The summed E-state index contributed by atoms with van der Waals surface area (Å²) in [6, 6.07) is 10.0. The van der Waals surface area contributed by atoms with Crippen molar-refractivity contribution in [2.45, 2.75) is 13.8 Å². The molecule has 2 aromatic rings. The lowest BCUT2D eigenvalue weighted by molar-refractivity contribution is -0.383. The van der Waals surface area contributed by atoms with Crippen molar-refractivity contribution < 1.29 is 4.92 Å². The maximum Gasteiger partial charge on any atom is 0.353 e. The van der Waals surface area contributed by atoms with Crippen LogP contribution in [0.15, 0.2) is 24.5 Å². The predicted octanol–water partition coefficient (Wildman–Crippen LogP) is 2.18.